The Bertz CT molecular complexity index is 561. The topological polar surface area (TPSA) is 74.8 Å². The Morgan fingerprint density at radius 3 is 2.58 bits per heavy atom. The quantitative estimate of drug-likeness (QED) is 0.377. The fraction of sp³-hybridized carbons (Fsp3) is 0.529. The van der Waals surface area contributed by atoms with Gasteiger partial charge in [-0.3, -0.25) is 9.79 Å². The molecule has 0 saturated heterocycles. The van der Waals surface area contributed by atoms with E-state index in [1.165, 1.54) is 12.1 Å². The Morgan fingerprint density at radius 1 is 1.25 bits per heavy atom. The molecule has 0 atom stereocenters. The zero-order valence-corrected chi connectivity index (χ0v) is 14.8. The number of hydrogen-bond donors (Lipinski definition) is 3. The Balaban J connectivity index is 2.25. The molecule has 0 aliphatic rings. The van der Waals surface area contributed by atoms with Crippen molar-refractivity contribution in [1.29, 1.82) is 0 Å². The molecule has 3 N–H and O–H groups in total. The number of carbonyl (C=O) groups excluding carboxylic acids is 1. The van der Waals surface area contributed by atoms with Crippen LogP contribution in [0.15, 0.2) is 29.3 Å². The lowest BCUT2D eigenvalue weighted by atomic mass is 10.1. The van der Waals surface area contributed by atoms with Gasteiger partial charge < -0.3 is 20.7 Å². The van der Waals surface area contributed by atoms with Crippen LogP contribution in [0.1, 0.15) is 19.4 Å². The highest BCUT2D eigenvalue weighted by Crippen LogP contribution is 2.04. The van der Waals surface area contributed by atoms with Crippen LogP contribution in [0.2, 0.25) is 0 Å². The molecule has 0 bridgehead atoms. The first kappa shape index (κ1) is 19.9. The molecule has 0 aliphatic heterocycles. The van der Waals surface area contributed by atoms with Gasteiger partial charge in [0, 0.05) is 33.8 Å². The maximum Gasteiger partial charge on any atom is 0.224 e. The minimum absolute atomic E-state index is 0.147. The highest BCUT2D eigenvalue weighted by Gasteiger charge is 2.16. The van der Waals surface area contributed by atoms with Gasteiger partial charge in [0.1, 0.15) is 5.82 Å². The summed E-state index contributed by atoms with van der Waals surface area (Å²) in [6.07, 6.45) is 0.159. The second-order valence-corrected chi connectivity index (χ2v) is 5.97. The molecule has 0 spiro atoms. The SMILES string of the molecule is CN=C(NCCNC(=O)Cc1cccc(F)c1)NCC(C)(C)OC. The van der Waals surface area contributed by atoms with E-state index in [1.54, 1.807) is 26.3 Å². The van der Waals surface area contributed by atoms with Crippen LogP contribution in [-0.4, -0.2) is 51.3 Å². The Hall–Kier alpha value is -2.15. The number of hydrogen-bond acceptors (Lipinski definition) is 3. The van der Waals surface area contributed by atoms with Crippen molar-refractivity contribution in [3.8, 4) is 0 Å². The fourth-order valence-electron chi connectivity index (χ4n) is 1.87. The summed E-state index contributed by atoms with van der Waals surface area (Å²) in [7, 11) is 3.34. The van der Waals surface area contributed by atoms with E-state index in [2.05, 4.69) is 20.9 Å². The van der Waals surface area contributed by atoms with Crippen LogP contribution in [0.25, 0.3) is 0 Å². The first-order valence-corrected chi connectivity index (χ1v) is 7.87. The van der Waals surface area contributed by atoms with Gasteiger partial charge in [-0.05, 0) is 31.5 Å². The third-order valence-corrected chi connectivity index (χ3v) is 3.45. The van der Waals surface area contributed by atoms with Gasteiger partial charge in [0.15, 0.2) is 5.96 Å². The van der Waals surface area contributed by atoms with Crippen molar-refractivity contribution in [2.24, 2.45) is 4.99 Å². The molecule has 7 heteroatoms. The smallest absolute Gasteiger partial charge is 0.224 e. The summed E-state index contributed by atoms with van der Waals surface area (Å²) >= 11 is 0. The van der Waals surface area contributed by atoms with Crippen LogP contribution in [0, 0.1) is 5.82 Å². The Morgan fingerprint density at radius 2 is 1.96 bits per heavy atom. The number of guanidine groups is 1. The zero-order chi connectivity index (χ0) is 18.0. The molecular formula is C17H27FN4O2. The molecule has 0 heterocycles. The Labute approximate surface area is 142 Å². The number of halogens is 1. The van der Waals surface area contributed by atoms with E-state index in [9.17, 15) is 9.18 Å². The van der Waals surface area contributed by atoms with Crippen LogP contribution in [0.3, 0.4) is 0 Å². The third-order valence-electron chi connectivity index (χ3n) is 3.45. The summed E-state index contributed by atoms with van der Waals surface area (Å²) in [5.74, 6) is 0.154. The number of benzene rings is 1. The van der Waals surface area contributed by atoms with Gasteiger partial charge in [0.05, 0.1) is 12.0 Å². The number of aliphatic imine (C=N–C) groups is 1. The van der Waals surface area contributed by atoms with Crippen molar-refractivity contribution in [1.82, 2.24) is 16.0 Å². The molecule has 0 unspecified atom stereocenters. The van der Waals surface area contributed by atoms with Crippen LogP contribution in [0.4, 0.5) is 4.39 Å². The maximum atomic E-state index is 13.1. The van der Waals surface area contributed by atoms with Gasteiger partial charge in [0.25, 0.3) is 0 Å². The summed E-state index contributed by atoms with van der Waals surface area (Å²) in [6, 6.07) is 6.04. The van der Waals surface area contributed by atoms with Gasteiger partial charge >= 0.3 is 0 Å². The van der Waals surface area contributed by atoms with E-state index in [0.29, 0.717) is 31.2 Å². The van der Waals surface area contributed by atoms with Crippen molar-refractivity contribution in [3.05, 3.63) is 35.6 Å². The molecule has 134 valence electrons. The van der Waals surface area contributed by atoms with Gasteiger partial charge in [-0.25, -0.2) is 4.39 Å². The van der Waals surface area contributed by atoms with Crippen LogP contribution < -0.4 is 16.0 Å². The molecule has 1 aromatic rings. The van der Waals surface area contributed by atoms with E-state index in [-0.39, 0.29) is 23.7 Å². The predicted molar refractivity (Wildman–Crippen MR) is 93.6 cm³/mol. The lowest BCUT2D eigenvalue weighted by Gasteiger charge is -2.24. The molecule has 0 aromatic heterocycles. The summed E-state index contributed by atoms with van der Waals surface area (Å²) in [6.45, 7) is 5.53. The predicted octanol–water partition coefficient (Wildman–Crippen LogP) is 1.07. The number of methoxy groups -OCH3 is 1. The van der Waals surface area contributed by atoms with Gasteiger partial charge in [-0.2, -0.15) is 0 Å². The lowest BCUT2D eigenvalue weighted by Crippen LogP contribution is -2.47. The molecule has 24 heavy (non-hydrogen) atoms. The number of ether oxygens (including phenoxy) is 1. The average molecular weight is 338 g/mol. The second kappa shape index (κ2) is 9.87. The number of nitrogens with zero attached hydrogens (tertiary/aromatic N) is 1. The van der Waals surface area contributed by atoms with Gasteiger partial charge in [-0.1, -0.05) is 12.1 Å². The second-order valence-electron chi connectivity index (χ2n) is 5.97. The van der Waals surface area contributed by atoms with E-state index >= 15 is 0 Å². The molecule has 0 radical (unpaired) electrons. The first-order valence-electron chi connectivity index (χ1n) is 7.87. The van der Waals surface area contributed by atoms with Crippen molar-refractivity contribution < 1.29 is 13.9 Å². The van der Waals surface area contributed by atoms with Crippen LogP contribution in [-0.2, 0) is 16.0 Å². The number of nitrogens with one attached hydrogen (secondary N) is 3. The summed E-state index contributed by atoms with van der Waals surface area (Å²) in [5.41, 5.74) is 0.358. The largest absolute Gasteiger partial charge is 0.377 e. The van der Waals surface area contributed by atoms with Gasteiger partial charge in [-0.15, -0.1) is 0 Å². The van der Waals surface area contributed by atoms with Crippen molar-refractivity contribution in [3.63, 3.8) is 0 Å². The molecular weight excluding hydrogens is 311 g/mol. The number of rotatable bonds is 8. The highest BCUT2D eigenvalue weighted by atomic mass is 19.1. The molecule has 0 fully saturated rings. The molecule has 1 aromatic carbocycles. The van der Waals surface area contributed by atoms with Crippen molar-refractivity contribution in [2.45, 2.75) is 25.9 Å². The molecule has 0 saturated carbocycles. The lowest BCUT2D eigenvalue weighted by molar-refractivity contribution is -0.120. The molecule has 1 rings (SSSR count). The normalized spacial score (nSPS) is 12.0. The molecule has 0 aliphatic carbocycles. The van der Waals surface area contributed by atoms with E-state index < -0.39 is 0 Å². The number of amides is 1. The van der Waals surface area contributed by atoms with E-state index in [0.717, 1.165) is 0 Å². The van der Waals surface area contributed by atoms with Gasteiger partial charge in [0.2, 0.25) is 5.91 Å². The average Bonchev–Trinajstić information content (AvgIpc) is 2.54. The summed E-state index contributed by atoms with van der Waals surface area (Å²) < 4.78 is 18.4. The summed E-state index contributed by atoms with van der Waals surface area (Å²) in [4.78, 5) is 15.9. The molecule has 1 amide bonds. The Kier molecular flexibility index (Phi) is 8.18. The minimum atomic E-state index is -0.337. The van der Waals surface area contributed by atoms with Crippen molar-refractivity contribution >= 4 is 11.9 Å². The highest BCUT2D eigenvalue weighted by molar-refractivity contribution is 5.80. The minimum Gasteiger partial charge on any atom is -0.377 e. The molecule has 6 nitrogen and oxygen atoms in total. The van der Waals surface area contributed by atoms with Crippen LogP contribution >= 0.6 is 0 Å². The number of carbonyl (C=O) groups is 1. The first-order chi connectivity index (χ1) is 11.4. The standard InChI is InChI=1S/C17H27FN4O2/c1-17(2,24-4)12-22-16(19-3)21-9-8-20-15(23)11-13-6-5-7-14(18)10-13/h5-7,10H,8-9,11-12H2,1-4H3,(H,20,23)(H2,19,21,22). The fourth-order valence-corrected chi connectivity index (χ4v) is 1.87. The van der Waals surface area contributed by atoms with E-state index in [4.69, 9.17) is 4.74 Å². The monoisotopic (exact) mass is 338 g/mol. The third kappa shape index (κ3) is 7.92. The summed E-state index contributed by atoms with van der Waals surface area (Å²) in [5, 5.41) is 9.04. The maximum absolute atomic E-state index is 13.1. The van der Waals surface area contributed by atoms with Crippen molar-refractivity contribution in [2.75, 3.05) is 33.8 Å². The van der Waals surface area contributed by atoms with E-state index in [1.807, 2.05) is 13.8 Å². The zero-order valence-electron chi connectivity index (χ0n) is 14.8. The van der Waals surface area contributed by atoms with Crippen LogP contribution in [0.5, 0.6) is 0 Å².